The molecular weight excluding hydrogens is 214 g/mol. The average molecular weight is 231 g/mol. The molecule has 2 N–H and O–H groups in total. The smallest absolute Gasteiger partial charge is 0.0348 e. The zero-order chi connectivity index (χ0) is 11.4. The molecule has 2 heteroatoms. The van der Waals surface area contributed by atoms with E-state index < -0.39 is 0 Å². The maximum Gasteiger partial charge on any atom is 0.0348 e. The van der Waals surface area contributed by atoms with Crippen LogP contribution in [0.5, 0.6) is 0 Å². The van der Waals surface area contributed by atoms with E-state index in [0.29, 0.717) is 0 Å². The van der Waals surface area contributed by atoms with Crippen molar-refractivity contribution in [1.29, 1.82) is 0 Å². The lowest BCUT2D eigenvalue weighted by Gasteiger charge is -2.01. The predicted molar refractivity (Wildman–Crippen MR) is 71.9 cm³/mol. The van der Waals surface area contributed by atoms with Crippen LogP contribution in [0.2, 0.25) is 0 Å². The normalized spacial score (nSPS) is 10.6. The fourth-order valence-electron chi connectivity index (χ4n) is 1.78. The molecule has 1 nitrogen and oxygen atoms in total. The number of thiophene rings is 1. The highest BCUT2D eigenvalue weighted by molar-refractivity contribution is 7.15. The SMILES string of the molecule is Cc1ccccc1-c1ccc(CCCN)s1. The molecule has 1 aromatic heterocycles. The van der Waals surface area contributed by atoms with Crippen LogP contribution in [-0.2, 0) is 6.42 Å². The van der Waals surface area contributed by atoms with Gasteiger partial charge < -0.3 is 5.73 Å². The molecule has 0 unspecified atom stereocenters. The van der Waals surface area contributed by atoms with Crippen LogP contribution in [0.25, 0.3) is 10.4 Å². The van der Waals surface area contributed by atoms with Crippen molar-refractivity contribution in [2.75, 3.05) is 6.54 Å². The second kappa shape index (κ2) is 5.28. The monoisotopic (exact) mass is 231 g/mol. The molecule has 0 aliphatic carbocycles. The molecule has 1 aromatic carbocycles. The van der Waals surface area contributed by atoms with Gasteiger partial charge in [0.05, 0.1) is 0 Å². The highest BCUT2D eigenvalue weighted by Crippen LogP contribution is 2.30. The summed E-state index contributed by atoms with van der Waals surface area (Å²) in [6.45, 7) is 2.94. The van der Waals surface area contributed by atoms with Gasteiger partial charge in [0, 0.05) is 9.75 Å². The van der Waals surface area contributed by atoms with Gasteiger partial charge in [-0.25, -0.2) is 0 Å². The van der Waals surface area contributed by atoms with Gasteiger partial charge in [0.2, 0.25) is 0 Å². The van der Waals surface area contributed by atoms with E-state index >= 15 is 0 Å². The molecule has 0 saturated carbocycles. The third kappa shape index (κ3) is 2.52. The lowest BCUT2D eigenvalue weighted by atomic mass is 10.1. The van der Waals surface area contributed by atoms with Crippen LogP contribution in [0, 0.1) is 6.92 Å². The van der Waals surface area contributed by atoms with Gasteiger partial charge >= 0.3 is 0 Å². The van der Waals surface area contributed by atoms with Crippen LogP contribution in [-0.4, -0.2) is 6.54 Å². The van der Waals surface area contributed by atoms with E-state index in [9.17, 15) is 0 Å². The van der Waals surface area contributed by atoms with E-state index in [4.69, 9.17) is 5.73 Å². The summed E-state index contributed by atoms with van der Waals surface area (Å²) in [4.78, 5) is 2.80. The van der Waals surface area contributed by atoms with Crippen molar-refractivity contribution in [2.45, 2.75) is 19.8 Å². The second-order valence-electron chi connectivity index (χ2n) is 3.97. The zero-order valence-corrected chi connectivity index (χ0v) is 10.4. The third-order valence-corrected chi connectivity index (χ3v) is 3.88. The largest absolute Gasteiger partial charge is 0.330 e. The fourth-order valence-corrected chi connectivity index (χ4v) is 2.92. The Morgan fingerprint density at radius 1 is 1.12 bits per heavy atom. The minimum absolute atomic E-state index is 0.775. The molecule has 0 bridgehead atoms. The summed E-state index contributed by atoms with van der Waals surface area (Å²) in [5.74, 6) is 0. The molecule has 0 aliphatic rings. The van der Waals surface area contributed by atoms with E-state index in [-0.39, 0.29) is 0 Å². The van der Waals surface area contributed by atoms with Crippen LogP contribution in [0.4, 0.5) is 0 Å². The van der Waals surface area contributed by atoms with E-state index in [0.717, 1.165) is 19.4 Å². The standard InChI is InChI=1S/C14H17NS/c1-11-5-2-3-7-13(11)14-9-8-12(16-14)6-4-10-15/h2-3,5,7-9H,4,6,10,15H2,1H3. The van der Waals surface area contributed by atoms with E-state index in [1.807, 2.05) is 11.3 Å². The molecule has 0 atom stereocenters. The first kappa shape index (κ1) is 11.4. The van der Waals surface area contributed by atoms with Gasteiger partial charge in [-0.1, -0.05) is 24.3 Å². The summed E-state index contributed by atoms with van der Waals surface area (Å²) in [7, 11) is 0. The number of hydrogen-bond acceptors (Lipinski definition) is 2. The number of rotatable bonds is 4. The lowest BCUT2D eigenvalue weighted by Crippen LogP contribution is -1.99. The number of benzene rings is 1. The maximum absolute atomic E-state index is 5.52. The van der Waals surface area contributed by atoms with E-state index in [2.05, 4.69) is 43.3 Å². The predicted octanol–water partition coefficient (Wildman–Crippen LogP) is 3.61. The Kier molecular flexibility index (Phi) is 3.75. The third-order valence-electron chi connectivity index (χ3n) is 2.70. The number of aryl methyl sites for hydroxylation is 2. The molecule has 0 fully saturated rings. The van der Waals surface area contributed by atoms with Gasteiger partial charge in [-0.2, -0.15) is 0 Å². The quantitative estimate of drug-likeness (QED) is 0.854. The molecule has 2 rings (SSSR count). The van der Waals surface area contributed by atoms with Crippen molar-refractivity contribution in [3.8, 4) is 10.4 Å². The molecule has 1 heterocycles. The summed E-state index contributed by atoms with van der Waals surface area (Å²) >= 11 is 1.88. The summed E-state index contributed by atoms with van der Waals surface area (Å²) in [5.41, 5.74) is 8.22. The van der Waals surface area contributed by atoms with Crippen LogP contribution in [0.3, 0.4) is 0 Å². The van der Waals surface area contributed by atoms with Gasteiger partial charge in [0.25, 0.3) is 0 Å². The highest BCUT2D eigenvalue weighted by atomic mass is 32.1. The molecule has 84 valence electrons. The Morgan fingerprint density at radius 2 is 1.94 bits per heavy atom. The minimum atomic E-state index is 0.775. The van der Waals surface area contributed by atoms with Crippen molar-refractivity contribution in [3.05, 3.63) is 46.8 Å². The van der Waals surface area contributed by atoms with Gasteiger partial charge in [0.1, 0.15) is 0 Å². The minimum Gasteiger partial charge on any atom is -0.330 e. The second-order valence-corrected chi connectivity index (χ2v) is 5.14. The van der Waals surface area contributed by atoms with Crippen LogP contribution >= 0.6 is 11.3 Å². The summed E-state index contributed by atoms with van der Waals surface area (Å²) in [6, 6.07) is 13.0. The Hall–Kier alpha value is -1.12. The van der Waals surface area contributed by atoms with Crippen molar-refractivity contribution in [2.24, 2.45) is 5.73 Å². The maximum atomic E-state index is 5.52. The van der Waals surface area contributed by atoms with Crippen molar-refractivity contribution in [3.63, 3.8) is 0 Å². The lowest BCUT2D eigenvalue weighted by molar-refractivity contribution is 0.843. The van der Waals surface area contributed by atoms with Crippen LogP contribution in [0.15, 0.2) is 36.4 Å². The molecule has 0 aliphatic heterocycles. The zero-order valence-electron chi connectivity index (χ0n) is 9.57. The first-order valence-corrected chi connectivity index (χ1v) is 6.47. The number of nitrogens with two attached hydrogens (primary N) is 1. The fraction of sp³-hybridized carbons (Fsp3) is 0.286. The van der Waals surface area contributed by atoms with Crippen molar-refractivity contribution >= 4 is 11.3 Å². The molecule has 0 spiro atoms. The van der Waals surface area contributed by atoms with E-state index in [1.165, 1.54) is 20.9 Å². The average Bonchev–Trinajstić information content (AvgIpc) is 2.75. The first-order chi connectivity index (χ1) is 7.81. The molecule has 0 radical (unpaired) electrons. The van der Waals surface area contributed by atoms with E-state index in [1.54, 1.807) is 0 Å². The van der Waals surface area contributed by atoms with Gasteiger partial charge in [0.15, 0.2) is 0 Å². The Balaban J connectivity index is 2.22. The summed E-state index contributed by atoms with van der Waals surface area (Å²) < 4.78 is 0. The first-order valence-electron chi connectivity index (χ1n) is 5.66. The van der Waals surface area contributed by atoms with Gasteiger partial charge in [-0.05, 0) is 49.6 Å². The Morgan fingerprint density at radius 3 is 2.69 bits per heavy atom. The van der Waals surface area contributed by atoms with Crippen LogP contribution < -0.4 is 5.73 Å². The summed E-state index contributed by atoms with van der Waals surface area (Å²) in [6.07, 6.45) is 2.18. The van der Waals surface area contributed by atoms with Gasteiger partial charge in [-0.15, -0.1) is 11.3 Å². The topological polar surface area (TPSA) is 26.0 Å². The van der Waals surface area contributed by atoms with Crippen LogP contribution in [0.1, 0.15) is 16.9 Å². The molecular formula is C14H17NS. The Labute approximate surface area is 101 Å². The summed E-state index contributed by atoms with van der Waals surface area (Å²) in [5, 5.41) is 0. The number of hydrogen-bond donors (Lipinski definition) is 1. The highest BCUT2D eigenvalue weighted by Gasteiger charge is 2.04. The Bertz CT molecular complexity index is 459. The van der Waals surface area contributed by atoms with Crippen molar-refractivity contribution in [1.82, 2.24) is 0 Å². The molecule has 2 aromatic rings. The molecule has 16 heavy (non-hydrogen) atoms. The van der Waals surface area contributed by atoms with Crippen molar-refractivity contribution < 1.29 is 0 Å². The van der Waals surface area contributed by atoms with Gasteiger partial charge in [-0.3, -0.25) is 0 Å². The molecule has 0 saturated heterocycles. The molecule has 0 amide bonds.